The molecule has 1 aliphatic carbocycles. The summed E-state index contributed by atoms with van der Waals surface area (Å²) in [5, 5.41) is 3.68. The zero-order valence-corrected chi connectivity index (χ0v) is 12.5. The van der Waals surface area contributed by atoms with Crippen LogP contribution in [-0.2, 0) is 0 Å². The molecule has 2 aliphatic rings. The van der Waals surface area contributed by atoms with Gasteiger partial charge < -0.3 is 10.2 Å². The van der Waals surface area contributed by atoms with Gasteiger partial charge >= 0.3 is 0 Å². The maximum atomic E-state index is 3.68. The molecule has 1 heterocycles. The summed E-state index contributed by atoms with van der Waals surface area (Å²) >= 11 is 0. The van der Waals surface area contributed by atoms with Crippen molar-refractivity contribution in [2.75, 3.05) is 26.2 Å². The second kappa shape index (κ2) is 7.49. The molecule has 0 amide bonds. The van der Waals surface area contributed by atoms with E-state index in [1.54, 1.807) is 0 Å². The number of hydrogen-bond donors (Lipinski definition) is 1. The summed E-state index contributed by atoms with van der Waals surface area (Å²) in [6.45, 7) is 9.77. The van der Waals surface area contributed by atoms with Gasteiger partial charge in [0.05, 0.1) is 0 Å². The minimum atomic E-state index is 0.780. The molecule has 1 saturated carbocycles. The highest BCUT2D eigenvalue weighted by Gasteiger charge is 2.28. The summed E-state index contributed by atoms with van der Waals surface area (Å²) in [7, 11) is 0. The van der Waals surface area contributed by atoms with Gasteiger partial charge in [0, 0.05) is 19.1 Å². The first-order valence-corrected chi connectivity index (χ1v) is 8.29. The van der Waals surface area contributed by atoms with Crippen LogP contribution in [0.25, 0.3) is 0 Å². The smallest absolute Gasteiger partial charge is 0.0119 e. The molecule has 2 rings (SSSR count). The fourth-order valence-corrected chi connectivity index (χ4v) is 3.95. The molecule has 2 atom stereocenters. The van der Waals surface area contributed by atoms with Crippen molar-refractivity contribution in [1.29, 1.82) is 0 Å². The van der Waals surface area contributed by atoms with E-state index in [-0.39, 0.29) is 0 Å². The summed E-state index contributed by atoms with van der Waals surface area (Å²) < 4.78 is 0. The summed E-state index contributed by atoms with van der Waals surface area (Å²) in [6, 6.07) is 0.780. The molecule has 1 N–H and O–H groups in total. The molecule has 0 aromatic carbocycles. The van der Waals surface area contributed by atoms with E-state index in [0.29, 0.717) is 0 Å². The number of nitrogens with one attached hydrogen (secondary N) is 1. The predicted octanol–water partition coefficient (Wildman–Crippen LogP) is 3.28. The van der Waals surface area contributed by atoms with Crippen molar-refractivity contribution < 1.29 is 0 Å². The van der Waals surface area contributed by atoms with Crippen molar-refractivity contribution >= 4 is 0 Å². The van der Waals surface area contributed by atoms with E-state index in [1.165, 1.54) is 64.6 Å². The Labute approximate surface area is 114 Å². The highest BCUT2D eigenvalue weighted by atomic mass is 15.1. The fraction of sp³-hybridized carbons (Fsp3) is 1.00. The average Bonchev–Trinajstić information content (AvgIpc) is 2.42. The van der Waals surface area contributed by atoms with E-state index < -0.39 is 0 Å². The van der Waals surface area contributed by atoms with Crippen LogP contribution in [0.2, 0.25) is 0 Å². The number of rotatable bonds is 5. The molecule has 0 aromatic rings. The Hall–Kier alpha value is -0.0800. The lowest BCUT2D eigenvalue weighted by Gasteiger charge is -2.40. The summed E-state index contributed by atoms with van der Waals surface area (Å²) in [4.78, 5) is 2.76. The van der Waals surface area contributed by atoms with Crippen LogP contribution in [0.1, 0.15) is 58.8 Å². The molecule has 2 unspecified atom stereocenters. The zero-order valence-electron chi connectivity index (χ0n) is 12.5. The first-order chi connectivity index (χ1) is 8.83. The molecule has 18 heavy (non-hydrogen) atoms. The Morgan fingerprint density at radius 3 is 2.50 bits per heavy atom. The van der Waals surface area contributed by atoms with Crippen molar-refractivity contribution in [3.05, 3.63) is 0 Å². The molecule has 1 saturated heterocycles. The lowest BCUT2D eigenvalue weighted by atomic mass is 9.86. The van der Waals surface area contributed by atoms with E-state index in [4.69, 9.17) is 0 Å². The van der Waals surface area contributed by atoms with Crippen LogP contribution >= 0.6 is 0 Å². The molecule has 0 aromatic heterocycles. The third kappa shape index (κ3) is 3.96. The number of nitrogens with zero attached hydrogens (tertiary/aromatic N) is 1. The van der Waals surface area contributed by atoms with E-state index in [2.05, 4.69) is 24.1 Å². The van der Waals surface area contributed by atoms with E-state index in [1.807, 2.05) is 0 Å². The quantitative estimate of drug-likeness (QED) is 0.808. The van der Waals surface area contributed by atoms with E-state index in [9.17, 15) is 0 Å². The van der Waals surface area contributed by atoms with Crippen molar-refractivity contribution in [3.63, 3.8) is 0 Å². The van der Waals surface area contributed by atoms with Gasteiger partial charge in [0.1, 0.15) is 0 Å². The molecular weight excluding hydrogens is 220 g/mol. The summed E-state index contributed by atoms with van der Waals surface area (Å²) in [5.41, 5.74) is 0. The summed E-state index contributed by atoms with van der Waals surface area (Å²) in [5.74, 6) is 1.88. The minimum Gasteiger partial charge on any atom is -0.314 e. The Kier molecular flexibility index (Phi) is 5.97. The molecule has 0 radical (unpaired) electrons. The first kappa shape index (κ1) is 14.3. The molecule has 106 valence electrons. The number of likely N-dealkylation sites (tertiary alicyclic amines) is 1. The third-order valence-electron chi connectivity index (χ3n) is 5.05. The van der Waals surface area contributed by atoms with Crippen LogP contribution < -0.4 is 5.32 Å². The largest absolute Gasteiger partial charge is 0.314 e. The van der Waals surface area contributed by atoms with Crippen molar-refractivity contribution in [2.24, 2.45) is 11.8 Å². The second-order valence-corrected chi connectivity index (χ2v) is 6.38. The lowest BCUT2D eigenvalue weighted by molar-refractivity contribution is 0.110. The van der Waals surface area contributed by atoms with Gasteiger partial charge in [-0.2, -0.15) is 0 Å². The molecule has 2 heteroatoms. The van der Waals surface area contributed by atoms with E-state index >= 15 is 0 Å². The van der Waals surface area contributed by atoms with Crippen LogP contribution in [0.4, 0.5) is 0 Å². The molecule has 1 aliphatic heterocycles. The van der Waals surface area contributed by atoms with Gasteiger partial charge in [-0.15, -0.1) is 0 Å². The number of hydrogen-bond acceptors (Lipinski definition) is 2. The highest BCUT2D eigenvalue weighted by Crippen LogP contribution is 2.27. The van der Waals surface area contributed by atoms with Crippen molar-refractivity contribution in [3.8, 4) is 0 Å². The van der Waals surface area contributed by atoms with Crippen molar-refractivity contribution in [2.45, 2.75) is 64.8 Å². The van der Waals surface area contributed by atoms with Crippen molar-refractivity contribution in [1.82, 2.24) is 10.2 Å². The first-order valence-electron chi connectivity index (χ1n) is 8.29. The van der Waals surface area contributed by atoms with E-state index in [0.717, 1.165) is 24.4 Å². The minimum absolute atomic E-state index is 0.780. The molecular formula is C16H32N2. The van der Waals surface area contributed by atoms with Crippen LogP contribution in [-0.4, -0.2) is 37.1 Å². The summed E-state index contributed by atoms with van der Waals surface area (Å²) in [6.07, 6.45) is 10.1. The average molecular weight is 252 g/mol. The molecule has 0 spiro atoms. The van der Waals surface area contributed by atoms with Crippen LogP contribution in [0, 0.1) is 11.8 Å². The zero-order chi connectivity index (χ0) is 12.8. The van der Waals surface area contributed by atoms with Gasteiger partial charge in [-0.3, -0.25) is 0 Å². The molecule has 0 bridgehead atoms. The molecule has 2 fully saturated rings. The van der Waals surface area contributed by atoms with Gasteiger partial charge in [0.25, 0.3) is 0 Å². The van der Waals surface area contributed by atoms with Crippen LogP contribution in [0.15, 0.2) is 0 Å². The van der Waals surface area contributed by atoms with Crippen LogP contribution in [0.5, 0.6) is 0 Å². The van der Waals surface area contributed by atoms with Gasteiger partial charge in [-0.1, -0.05) is 39.5 Å². The maximum absolute atomic E-state index is 3.68. The fourth-order valence-electron chi connectivity index (χ4n) is 3.95. The normalized spacial score (nSPS) is 31.7. The van der Waals surface area contributed by atoms with Gasteiger partial charge in [-0.25, -0.2) is 0 Å². The van der Waals surface area contributed by atoms with Crippen LogP contribution in [0.3, 0.4) is 0 Å². The molecule has 2 nitrogen and oxygen atoms in total. The Morgan fingerprint density at radius 1 is 1.06 bits per heavy atom. The Balaban J connectivity index is 1.77. The lowest BCUT2D eigenvalue weighted by Crippen LogP contribution is -2.50. The SMILES string of the molecule is CCNC1CCN(CC2CCCCC2)CC1CC. The predicted molar refractivity (Wildman–Crippen MR) is 78.9 cm³/mol. The third-order valence-corrected chi connectivity index (χ3v) is 5.05. The van der Waals surface area contributed by atoms with Gasteiger partial charge in [-0.05, 0) is 44.2 Å². The maximum Gasteiger partial charge on any atom is 0.0119 e. The monoisotopic (exact) mass is 252 g/mol. The Bertz CT molecular complexity index is 223. The second-order valence-electron chi connectivity index (χ2n) is 6.38. The Morgan fingerprint density at radius 2 is 1.83 bits per heavy atom. The van der Waals surface area contributed by atoms with Gasteiger partial charge in [0.2, 0.25) is 0 Å². The number of piperidine rings is 1. The topological polar surface area (TPSA) is 15.3 Å². The highest BCUT2D eigenvalue weighted by molar-refractivity contribution is 4.85. The van der Waals surface area contributed by atoms with Gasteiger partial charge in [0.15, 0.2) is 0 Å². The standard InChI is InChI=1S/C16H32N2/c1-3-15-13-18(11-10-16(15)17-4-2)12-14-8-6-5-7-9-14/h14-17H,3-13H2,1-2H3.